The number of carbonyl (C=O) groups is 1. The van der Waals surface area contributed by atoms with Crippen molar-refractivity contribution >= 4 is 6.16 Å². The van der Waals surface area contributed by atoms with Crippen LogP contribution in [0.5, 0.6) is 5.75 Å². The largest absolute Gasteiger partial charge is 0.509 e. The normalized spacial score (nSPS) is 21.3. The van der Waals surface area contributed by atoms with Gasteiger partial charge >= 0.3 is 6.16 Å². The van der Waals surface area contributed by atoms with Crippen LogP contribution in [-0.2, 0) is 20.8 Å². The van der Waals surface area contributed by atoms with E-state index in [9.17, 15) is 4.79 Å². The number of allylic oxidation sites excluding steroid dienone is 1. The fourth-order valence-electron chi connectivity index (χ4n) is 1.98. The zero-order chi connectivity index (χ0) is 15.1. The Kier molecular flexibility index (Phi) is 5.63. The second-order valence-electron chi connectivity index (χ2n) is 4.69. The summed E-state index contributed by atoms with van der Waals surface area (Å²) >= 11 is 0. The van der Waals surface area contributed by atoms with Crippen LogP contribution in [0.15, 0.2) is 36.4 Å². The molecule has 1 aliphatic rings. The molecule has 1 saturated heterocycles. The van der Waals surface area contributed by atoms with E-state index in [2.05, 4.69) is 0 Å². The van der Waals surface area contributed by atoms with Crippen LogP contribution < -0.4 is 4.74 Å². The molecule has 2 atom stereocenters. The Bertz CT molecular complexity index is 480. The minimum atomic E-state index is -0.640. The molecule has 2 rings (SSSR count). The molecule has 1 aromatic carbocycles. The monoisotopic (exact) mass is 292 g/mol. The fraction of sp³-hybridized carbons (Fsp3) is 0.438. The standard InChI is InChI=1S/C16H20O5/c1-3-4-5-14-15(21-16(17)20-14)11-19-10-12-6-8-13(18-2)9-7-12/h4-9,14-15H,3,10-11H2,1-2H3/b5-4+/t14-,15+/m1/s1. The molecule has 1 aromatic rings. The molecule has 1 heterocycles. The first-order valence-electron chi connectivity index (χ1n) is 6.97. The van der Waals surface area contributed by atoms with Crippen LogP contribution in [0, 0.1) is 0 Å². The smallest absolute Gasteiger partial charge is 0.497 e. The van der Waals surface area contributed by atoms with Gasteiger partial charge in [0.2, 0.25) is 0 Å². The minimum absolute atomic E-state index is 0.302. The van der Waals surface area contributed by atoms with E-state index in [1.807, 2.05) is 43.3 Å². The van der Waals surface area contributed by atoms with E-state index in [0.717, 1.165) is 17.7 Å². The number of methoxy groups -OCH3 is 1. The van der Waals surface area contributed by atoms with Gasteiger partial charge < -0.3 is 18.9 Å². The van der Waals surface area contributed by atoms with Gasteiger partial charge in [0.15, 0.2) is 12.2 Å². The Morgan fingerprint density at radius 1 is 1.24 bits per heavy atom. The Morgan fingerprint density at radius 2 is 2.00 bits per heavy atom. The van der Waals surface area contributed by atoms with Crippen LogP contribution in [-0.4, -0.2) is 32.1 Å². The lowest BCUT2D eigenvalue weighted by molar-refractivity contribution is 0.0304. The van der Waals surface area contributed by atoms with Crippen molar-refractivity contribution in [1.29, 1.82) is 0 Å². The number of carbonyl (C=O) groups excluding carboxylic acids is 1. The van der Waals surface area contributed by atoms with E-state index in [1.165, 1.54) is 0 Å². The van der Waals surface area contributed by atoms with E-state index in [-0.39, 0.29) is 6.10 Å². The summed E-state index contributed by atoms with van der Waals surface area (Å²) in [6.07, 6.45) is 3.27. The Morgan fingerprint density at radius 3 is 2.67 bits per heavy atom. The highest BCUT2D eigenvalue weighted by Gasteiger charge is 2.34. The van der Waals surface area contributed by atoms with E-state index in [0.29, 0.717) is 13.2 Å². The summed E-state index contributed by atoms with van der Waals surface area (Å²) in [6, 6.07) is 7.63. The molecule has 0 N–H and O–H groups in total. The van der Waals surface area contributed by atoms with Crippen LogP contribution in [0.2, 0.25) is 0 Å². The van der Waals surface area contributed by atoms with E-state index >= 15 is 0 Å². The predicted molar refractivity (Wildman–Crippen MR) is 77.2 cm³/mol. The third kappa shape index (κ3) is 4.49. The Balaban J connectivity index is 1.81. The molecular formula is C16H20O5. The maximum atomic E-state index is 11.2. The van der Waals surface area contributed by atoms with Crippen molar-refractivity contribution in [3.05, 3.63) is 42.0 Å². The van der Waals surface area contributed by atoms with Gasteiger partial charge in [-0.05, 0) is 30.2 Å². The molecule has 0 aliphatic carbocycles. The van der Waals surface area contributed by atoms with Crippen molar-refractivity contribution in [1.82, 2.24) is 0 Å². The molecule has 0 spiro atoms. The van der Waals surface area contributed by atoms with E-state index < -0.39 is 12.3 Å². The first kappa shape index (κ1) is 15.4. The molecular weight excluding hydrogens is 272 g/mol. The highest BCUT2D eigenvalue weighted by atomic mass is 16.8. The van der Waals surface area contributed by atoms with Crippen molar-refractivity contribution in [2.75, 3.05) is 13.7 Å². The van der Waals surface area contributed by atoms with Gasteiger partial charge in [-0.2, -0.15) is 0 Å². The van der Waals surface area contributed by atoms with Crippen LogP contribution >= 0.6 is 0 Å². The summed E-state index contributed by atoms with van der Waals surface area (Å²) < 4.78 is 20.9. The third-order valence-electron chi connectivity index (χ3n) is 3.12. The quantitative estimate of drug-likeness (QED) is 0.571. The lowest BCUT2D eigenvalue weighted by Crippen LogP contribution is -2.26. The highest BCUT2D eigenvalue weighted by molar-refractivity contribution is 5.63. The topological polar surface area (TPSA) is 54.0 Å². The number of rotatable bonds is 7. The molecule has 1 fully saturated rings. The summed E-state index contributed by atoms with van der Waals surface area (Å²) in [5, 5.41) is 0. The van der Waals surface area contributed by atoms with Crippen molar-refractivity contribution in [3.63, 3.8) is 0 Å². The highest BCUT2D eigenvalue weighted by Crippen LogP contribution is 2.18. The van der Waals surface area contributed by atoms with Crippen LogP contribution in [0.25, 0.3) is 0 Å². The molecule has 0 saturated carbocycles. The van der Waals surface area contributed by atoms with Gasteiger partial charge in [-0.15, -0.1) is 0 Å². The fourth-order valence-corrected chi connectivity index (χ4v) is 1.98. The first-order valence-corrected chi connectivity index (χ1v) is 6.97. The molecule has 0 aromatic heterocycles. The summed E-state index contributed by atoms with van der Waals surface area (Å²) in [6.45, 7) is 2.77. The van der Waals surface area contributed by atoms with Gasteiger partial charge in [0, 0.05) is 0 Å². The van der Waals surface area contributed by atoms with Gasteiger partial charge in [-0.1, -0.05) is 25.1 Å². The van der Waals surface area contributed by atoms with Crippen LogP contribution in [0.1, 0.15) is 18.9 Å². The van der Waals surface area contributed by atoms with Crippen molar-refractivity contribution < 1.29 is 23.7 Å². The van der Waals surface area contributed by atoms with Gasteiger partial charge in [-0.3, -0.25) is 0 Å². The molecule has 0 bridgehead atoms. The molecule has 5 heteroatoms. The van der Waals surface area contributed by atoms with Crippen molar-refractivity contribution in [2.45, 2.75) is 32.2 Å². The zero-order valence-electron chi connectivity index (χ0n) is 12.3. The Hall–Kier alpha value is -2.01. The second-order valence-corrected chi connectivity index (χ2v) is 4.69. The number of benzene rings is 1. The number of cyclic esters (lactones) is 2. The zero-order valence-corrected chi connectivity index (χ0v) is 12.3. The lowest BCUT2D eigenvalue weighted by Gasteiger charge is -2.12. The summed E-state index contributed by atoms with van der Waals surface area (Å²) in [4.78, 5) is 11.2. The van der Waals surface area contributed by atoms with Crippen LogP contribution in [0.4, 0.5) is 4.79 Å². The average Bonchev–Trinajstić information content (AvgIpc) is 2.86. The summed E-state index contributed by atoms with van der Waals surface area (Å²) in [5.74, 6) is 0.807. The number of hydrogen-bond donors (Lipinski definition) is 0. The van der Waals surface area contributed by atoms with Crippen molar-refractivity contribution in [3.8, 4) is 5.75 Å². The predicted octanol–water partition coefficient (Wildman–Crippen LogP) is 3.08. The Labute approximate surface area is 124 Å². The average molecular weight is 292 g/mol. The molecule has 0 radical (unpaired) electrons. The SMILES string of the molecule is CC/C=C/[C@H]1OC(=O)O[C@H]1COCc1ccc(OC)cc1. The molecule has 1 aliphatic heterocycles. The van der Waals surface area contributed by atoms with Gasteiger partial charge in [0.05, 0.1) is 20.3 Å². The maximum Gasteiger partial charge on any atom is 0.509 e. The molecule has 0 amide bonds. The van der Waals surface area contributed by atoms with E-state index in [1.54, 1.807) is 7.11 Å². The van der Waals surface area contributed by atoms with Crippen LogP contribution in [0.3, 0.4) is 0 Å². The summed E-state index contributed by atoms with van der Waals surface area (Å²) in [5.41, 5.74) is 1.03. The van der Waals surface area contributed by atoms with Gasteiger partial charge in [0.1, 0.15) is 5.75 Å². The second kappa shape index (κ2) is 7.69. The lowest BCUT2D eigenvalue weighted by atomic mass is 10.2. The maximum absolute atomic E-state index is 11.2. The molecule has 0 unspecified atom stereocenters. The first-order chi connectivity index (χ1) is 10.2. The molecule has 114 valence electrons. The minimum Gasteiger partial charge on any atom is -0.497 e. The van der Waals surface area contributed by atoms with Gasteiger partial charge in [0.25, 0.3) is 0 Å². The van der Waals surface area contributed by atoms with Gasteiger partial charge in [-0.25, -0.2) is 4.79 Å². The third-order valence-corrected chi connectivity index (χ3v) is 3.12. The number of ether oxygens (including phenoxy) is 4. The summed E-state index contributed by atoms with van der Waals surface area (Å²) in [7, 11) is 1.63. The number of hydrogen-bond acceptors (Lipinski definition) is 5. The van der Waals surface area contributed by atoms with Crippen molar-refractivity contribution in [2.24, 2.45) is 0 Å². The molecule has 21 heavy (non-hydrogen) atoms. The molecule has 5 nitrogen and oxygen atoms in total. The van der Waals surface area contributed by atoms with E-state index in [4.69, 9.17) is 18.9 Å².